The quantitative estimate of drug-likeness (QED) is 0.122. The molecule has 0 amide bonds. The number of hydrogen-bond donors (Lipinski definition) is 2. The lowest BCUT2D eigenvalue weighted by molar-refractivity contribution is -0.888. The first-order chi connectivity index (χ1) is 19.8. The lowest BCUT2D eigenvalue weighted by Gasteiger charge is -2.26. The molecule has 0 saturated carbocycles. The Balaban J connectivity index is -0.000000236. The van der Waals surface area contributed by atoms with E-state index in [2.05, 4.69) is 55.9 Å². The second kappa shape index (κ2) is 36.0. The van der Waals surface area contributed by atoms with E-state index < -0.39 is 11.9 Å². The maximum atomic E-state index is 10.1. The molecular weight excluding hydrogens is 532 g/mol. The lowest BCUT2D eigenvalue weighted by Crippen LogP contribution is -2.41. The Labute approximate surface area is 261 Å². The van der Waals surface area contributed by atoms with Gasteiger partial charge in [-0.1, -0.05) is 104 Å². The molecule has 8 nitrogen and oxygen atoms in total. The fraction of sp³-hybridized carbons (Fsp3) is 0.941. The number of aliphatic carboxylic acids is 2. The SMILES string of the molecule is CCCCCCCCCC(=O)[O-].CCCCCCCCCCCC(=O)[O-].CC[N+](C)(C)CCO.CC[N+](C)(C)CCO. The van der Waals surface area contributed by atoms with Crippen LogP contribution in [0, 0.1) is 0 Å². The Hall–Kier alpha value is -1.22. The zero-order chi connectivity index (χ0) is 33.1. The summed E-state index contributed by atoms with van der Waals surface area (Å²) >= 11 is 0. The number of aliphatic hydroxyl groups is 2. The number of rotatable bonds is 24. The summed E-state index contributed by atoms with van der Waals surface area (Å²) in [5.74, 6) is -1.82. The zero-order valence-electron chi connectivity index (χ0n) is 29.4. The van der Waals surface area contributed by atoms with Gasteiger partial charge in [-0.3, -0.25) is 0 Å². The molecule has 0 atom stereocenters. The summed E-state index contributed by atoms with van der Waals surface area (Å²) in [5, 5.41) is 37.2. The highest BCUT2D eigenvalue weighted by Gasteiger charge is 2.09. The van der Waals surface area contributed by atoms with Crippen LogP contribution in [0.15, 0.2) is 0 Å². The van der Waals surface area contributed by atoms with Gasteiger partial charge in [-0.2, -0.15) is 0 Å². The van der Waals surface area contributed by atoms with Crippen molar-refractivity contribution in [1.82, 2.24) is 0 Å². The van der Waals surface area contributed by atoms with Gasteiger partial charge in [-0.25, -0.2) is 0 Å². The van der Waals surface area contributed by atoms with E-state index >= 15 is 0 Å². The van der Waals surface area contributed by atoms with E-state index in [0.29, 0.717) is 13.2 Å². The molecule has 0 saturated heterocycles. The summed E-state index contributed by atoms with van der Waals surface area (Å²) in [6.07, 6.45) is 19.5. The minimum atomic E-state index is -0.913. The van der Waals surface area contributed by atoms with Crippen LogP contribution in [0.4, 0.5) is 0 Å². The minimum absolute atomic E-state index is 0.230. The molecule has 0 aromatic heterocycles. The van der Waals surface area contributed by atoms with Crippen molar-refractivity contribution in [2.45, 2.75) is 143 Å². The van der Waals surface area contributed by atoms with Crippen LogP contribution in [0.25, 0.3) is 0 Å². The summed E-state index contributed by atoms with van der Waals surface area (Å²) in [7, 11) is 8.43. The summed E-state index contributed by atoms with van der Waals surface area (Å²) < 4.78 is 1.83. The normalized spacial score (nSPS) is 10.9. The molecule has 0 radical (unpaired) electrons. The van der Waals surface area contributed by atoms with Crippen LogP contribution in [0.1, 0.15) is 143 Å². The molecule has 2 N–H and O–H groups in total. The average molecular weight is 607 g/mol. The van der Waals surface area contributed by atoms with Gasteiger partial charge < -0.3 is 39.0 Å². The van der Waals surface area contributed by atoms with Crippen molar-refractivity contribution in [3.05, 3.63) is 0 Å². The van der Waals surface area contributed by atoms with Gasteiger partial charge in [0.25, 0.3) is 0 Å². The molecule has 0 aliphatic rings. The molecule has 0 fully saturated rings. The van der Waals surface area contributed by atoms with E-state index in [1.54, 1.807) is 0 Å². The van der Waals surface area contributed by atoms with Gasteiger partial charge in [0.05, 0.1) is 54.5 Å². The van der Waals surface area contributed by atoms with Crippen molar-refractivity contribution in [2.75, 3.05) is 67.6 Å². The maximum Gasteiger partial charge on any atom is 0.102 e. The number of aliphatic hydroxyl groups excluding tert-OH is 2. The van der Waals surface area contributed by atoms with Crippen LogP contribution >= 0.6 is 0 Å². The summed E-state index contributed by atoms with van der Waals surface area (Å²) in [6.45, 7) is 13.1. The molecule has 256 valence electrons. The summed E-state index contributed by atoms with van der Waals surface area (Å²) in [4.78, 5) is 20.1. The van der Waals surface area contributed by atoms with Gasteiger partial charge in [0.2, 0.25) is 0 Å². The molecule has 42 heavy (non-hydrogen) atoms. The number of carbonyl (C=O) groups excluding carboxylic acids is 2. The monoisotopic (exact) mass is 607 g/mol. The van der Waals surface area contributed by atoms with E-state index in [4.69, 9.17) is 10.2 Å². The molecule has 0 aromatic rings. The third-order valence-corrected chi connectivity index (χ3v) is 7.59. The average Bonchev–Trinajstić information content (AvgIpc) is 2.92. The predicted molar refractivity (Wildman–Crippen MR) is 174 cm³/mol. The molecule has 0 aliphatic carbocycles. The van der Waals surface area contributed by atoms with E-state index in [9.17, 15) is 19.8 Å². The third-order valence-electron chi connectivity index (χ3n) is 7.59. The molecule has 0 bridgehead atoms. The van der Waals surface area contributed by atoms with Crippen LogP contribution in [0.5, 0.6) is 0 Å². The largest absolute Gasteiger partial charge is 0.550 e. The topological polar surface area (TPSA) is 121 Å². The van der Waals surface area contributed by atoms with Gasteiger partial charge in [0.1, 0.15) is 13.1 Å². The molecule has 0 rings (SSSR count). The van der Waals surface area contributed by atoms with E-state index in [1.807, 2.05) is 0 Å². The lowest BCUT2D eigenvalue weighted by atomic mass is 10.1. The van der Waals surface area contributed by atoms with Gasteiger partial charge in [-0.15, -0.1) is 0 Å². The highest BCUT2D eigenvalue weighted by molar-refractivity contribution is 5.64. The number of quaternary nitrogens is 2. The van der Waals surface area contributed by atoms with Gasteiger partial charge in [-0.05, 0) is 39.5 Å². The van der Waals surface area contributed by atoms with Gasteiger partial charge in [0.15, 0.2) is 0 Å². The van der Waals surface area contributed by atoms with Gasteiger partial charge in [0, 0.05) is 11.9 Å². The third kappa shape index (κ3) is 51.5. The zero-order valence-corrected chi connectivity index (χ0v) is 29.4. The Morgan fingerprint density at radius 3 is 0.881 bits per heavy atom. The highest BCUT2D eigenvalue weighted by Crippen LogP contribution is 2.10. The Morgan fingerprint density at radius 1 is 0.476 bits per heavy atom. The van der Waals surface area contributed by atoms with Crippen molar-refractivity contribution >= 4 is 11.9 Å². The maximum absolute atomic E-state index is 10.1. The standard InChI is InChI=1S/C12H24O2.C10H20O2.2C6H16NO/c1-2-3-4-5-6-7-8-9-10-11-12(13)14;1-2-3-4-5-6-7-8-9-10(11)12;2*1-4-7(2,3)5-6-8/h2-11H2,1H3,(H,13,14);2-9H2,1H3,(H,11,12);2*8H,4-6H2,1-3H3/q;;2*+1/p-2. The molecule has 0 aromatic carbocycles. The Kier molecular flexibility index (Phi) is 40.9. The number of unbranched alkanes of at least 4 members (excludes halogenated alkanes) is 14. The smallest absolute Gasteiger partial charge is 0.102 e. The number of likely N-dealkylation sites (N-methyl/N-ethyl adjacent to an activating group) is 2. The Morgan fingerprint density at radius 2 is 0.714 bits per heavy atom. The van der Waals surface area contributed by atoms with Crippen molar-refractivity contribution in [3.8, 4) is 0 Å². The first-order valence-electron chi connectivity index (χ1n) is 17.0. The summed E-state index contributed by atoms with van der Waals surface area (Å²) in [6, 6.07) is 0. The highest BCUT2D eigenvalue weighted by atomic mass is 16.4. The van der Waals surface area contributed by atoms with Gasteiger partial charge >= 0.3 is 0 Å². The molecule has 8 heteroatoms. The number of carboxylic acids is 2. The van der Waals surface area contributed by atoms with Crippen molar-refractivity contribution < 1.29 is 39.0 Å². The van der Waals surface area contributed by atoms with Crippen LogP contribution in [0.2, 0.25) is 0 Å². The number of carboxylic acid groups (broad SMARTS) is 2. The van der Waals surface area contributed by atoms with Crippen molar-refractivity contribution in [1.29, 1.82) is 0 Å². The van der Waals surface area contributed by atoms with Crippen LogP contribution in [-0.4, -0.2) is 98.7 Å². The van der Waals surface area contributed by atoms with Crippen molar-refractivity contribution in [3.63, 3.8) is 0 Å². The molecule has 0 aliphatic heterocycles. The fourth-order valence-electron chi connectivity index (χ4n) is 3.66. The van der Waals surface area contributed by atoms with Crippen LogP contribution < -0.4 is 10.2 Å². The first kappa shape index (κ1) is 47.7. The van der Waals surface area contributed by atoms with E-state index in [-0.39, 0.29) is 12.8 Å². The van der Waals surface area contributed by atoms with E-state index in [1.165, 1.54) is 77.0 Å². The minimum Gasteiger partial charge on any atom is -0.550 e. The Bertz CT molecular complexity index is 538. The number of carbonyl (C=O) groups is 2. The first-order valence-corrected chi connectivity index (χ1v) is 17.0. The van der Waals surface area contributed by atoms with E-state index in [0.717, 1.165) is 60.8 Å². The van der Waals surface area contributed by atoms with Crippen LogP contribution in [0.3, 0.4) is 0 Å². The molecule has 0 spiro atoms. The number of hydrogen-bond acceptors (Lipinski definition) is 6. The molecule has 0 heterocycles. The second-order valence-electron chi connectivity index (χ2n) is 12.6. The predicted octanol–water partition coefficient (Wildman–Crippen LogP) is 4.68. The molecular formula is C34H74N2O6. The second-order valence-corrected chi connectivity index (χ2v) is 12.6. The van der Waals surface area contributed by atoms with Crippen LogP contribution in [-0.2, 0) is 9.59 Å². The summed E-state index contributed by atoms with van der Waals surface area (Å²) in [5.41, 5.74) is 0. The molecule has 0 unspecified atom stereocenters. The number of nitrogens with zero attached hydrogens (tertiary/aromatic N) is 2. The van der Waals surface area contributed by atoms with Crippen molar-refractivity contribution in [2.24, 2.45) is 0 Å². The fourth-order valence-corrected chi connectivity index (χ4v) is 3.66.